The molecule has 128 valence electrons. The van der Waals surface area contributed by atoms with Crippen LogP contribution in [0.4, 0.5) is 0 Å². The maximum atomic E-state index is 12.3. The smallest absolute Gasteiger partial charge is 0.340 e. The van der Waals surface area contributed by atoms with E-state index in [4.69, 9.17) is 4.74 Å². The van der Waals surface area contributed by atoms with Crippen LogP contribution in [0.2, 0.25) is 0 Å². The lowest BCUT2D eigenvalue weighted by molar-refractivity contribution is 0.0472. The molecule has 5 nitrogen and oxygen atoms in total. The minimum Gasteiger partial charge on any atom is -0.457 e. The predicted molar refractivity (Wildman–Crippen MR) is 99.2 cm³/mol. The highest BCUT2D eigenvalue weighted by atomic mass is 16.5. The van der Waals surface area contributed by atoms with Crippen LogP contribution in [0.1, 0.15) is 21.5 Å². The van der Waals surface area contributed by atoms with Crippen molar-refractivity contribution in [1.29, 1.82) is 0 Å². The van der Waals surface area contributed by atoms with Gasteiger partial charge in [-0.2, -0.15) is 0 Å². The third kappa shape index (κ3) is 3.19. The molecule has 0 N–H and O–H groups in total. The van der Waals surface area contributed by atoms with Gasteiger partial charge in [0, 0.05) is 29.7 Å². The Morgan fingerprint density at radius 1 is 1.15 bits per heavy atom. The quantitative estimate of drug-likeness (QED) is 0.524. The fraction of sp³-hybridized carbons (Fsp3) is 0.0952. The number of ether oxygens (including phenoxy) is 1. The molecule has 4 rings (SSSR count). The molecule has 2 aromatic heterocycles. The molecule has 4 aromatic rings. The molecule has 2 aromatic carbocycles. The van der Waals surface area contributed by atoms with Crippen molar-refractivity contribution in [2.24, 2.45) is 0 Å². The summed E-state index contributed by atoms with van der Waals surface area (Å²) in [6, 6.07) is 15.5. The number of pyridine rings is 1. The molecule has 0 spiro atoms. The molecule has 0 saturated heterocycles. The van der Waals surface area contributed by atoms with Crippen molar-refractivity contribution in [1.82, 2.24) is 14.5 Å². The second kappa shape index (κ2) is 6.80. The summed E-state index contributed by atoms with van der Waals surface area (Å²) in [6.07, 6.45) is 6.92. The number of carbonyl (C=O) groups is 1. The molecule has 0 fully saturated rings. The van der Waals surface area contributed by atoms with Gasteiger partial charge in [0.2, 0.25) is 0 Å². The molecule has 0 aliphatic carbocycles. The Hall–Kier alpha value is -3.47. The number of para-hydroxylation sites is 1. The van der Waals surface area contributed by atoms with E-state index in [2.05, 4.69) is 9.97 Å². The molecule has 2 heterocycles. The van der Waals surface area contributed by atoms with E-state index in [-0.39, 0.29) is 12.6 Å². The zero-order valence-electron chi connectivity index (χ0n) is 14.3. The predicted octanol–water partition coefficient (Wildman–Crippen LogP) is 4.09. The second-order valence-corrected chi connectivity index (χ2v) is 6.08. The SMILES string of the molecule is Cc1cccc2cc(C(=O)OCc3ccc(-n4ccnc4)cc3)cnc12. The van der Waals surface area contributed by atoms with Gasteiger partial charge in [-0.3, -0.25) is 4.98 Å². The number of rotatable bonds is 4. The van der Waals surface area contributed by atoms with Crippen molar-refractivity contribution in [3.05, 3.63) is 90.1 Å². The van der Waals surface area contributed by atoms with Crippen LogP contribution in [0.5, 0.6) is 0 Å². The van der Waals surface area contributed by atoms with E-state index in [1.807, 2.05) is 66.2 Å². The standard InChI is InChI=1S/C21H17N3O2/c1-15-3-2-4-17-11-18(12-23-20(15)17)21(25)26-13-16-5-7-19(8-6-16)24-10-9-22-14-24/h2-12,14H,13H2,1H3. The van der Waals surface area contributed by atoms with Crippen molar-refractivity contribution in [2.75, 3.05) is 0 Å². The summed E-state index contributed by atoms with van der Waals surface area (Å²) in [5.74, 6) is -0.375. The van der Waals surface area contributed by atoms with Crippen molar-refractivity contribution < 1.29 is 9.53 Å². The molecule has 0 aliphatic rings. The summed E-state index contributed by atoms with van der Waals surface area (Å²) in [5, 5.41) is 0.934. The van der Waals surface area contributed by atoms with Gasteiger partial charge in [0.15, 0.2) is 0 Å². The molecule has 0 aliphatic heterocycles. The number of aryl methyl sites for hydroxylation is 1. The van der Waals surface area contributed by atoms with Gasteiger partial charge < -0.3 is 9.30 Å². The highest BCUT2D eigenvalue weighted by molar-refractivity contribution is 5.94. The van der Waals surface area contributed by atoms with Gasteiger partial charge in [0.05, 0.1) is 17.4 Å². The normalized spacial score (nSPS) is 10.8. The molecule has 5 heteroatoms. The third-order valence-corrected chi connectivity index (χ3v) is 4.26. The zero-order chi connectivity index (χ0) is 17.9. The Morgan fingerprint density at radius 3 is 2.77 bits per heavy atom. The number of nitrogens with zero attached hydrogens (tertiary/aromatic N) is 3. The zero-order valence-corrected chi connectivity index (χ0v) is 14.3. The Bertz CT molecular complexity index is 1050. The van der Waals surface area contributed by atoms with Crippen LogP contribution in [0.25, 0.3) is 16.6 Å². The van der Waals surface area contributed by atoms with Gasteiger partial charge in [-0.05, 0) is 36.2 Å². The number of imidazole rings is 1. The topological polar surface area (TPSA) is 57.0 Å². The number of benzene rings is 2. The van der Waals surface area contributed by atoms with Gasteiger partial charge >= 0.3 is 5.97 Å². The maximum absolute atomic E-state index is 12.3. The number of esters is 1. The van der Waals surface area contributed by atoms with Crippen LogP contribution >= 0.6 is 0 Å². The summed E-state index contributed by atoms with van der Waals surface area (Å²) < 4.78 is 7.34. The molecular formula is C21H17N3O2. The molecule has 0 radical (unpaired) electrons. The Kier molecular flexibility index (Phi) is 4.19. The first-order valence-electron chi connectivity index (χ1n) is 8.30. The summed E-state index contributed by atoms with van der Waals surface area (Å²) in [6.45, 7) is 2.22. The summed E-state index contributed by atoms with van der Waals surface area (Å²) in [4.78, 5) is 20.7. The average molecular weight is 343 g/mol. The van der Waals surface area contributed by atoms with Crippen molar-refractivity contribution in [2.45, 2.75) is 13.5 Å². The molecule has 0 atom stereocenters. The number of fused-ring (bicyclic) bond motifs is 1. The van der Waals surface area contributed by atoms with Crippen LogP contribution in [-0.4, -0.2) is 20.5 Å². The highest BCUT2D eigenvalue weighted by Gasteiger charge is 2.10. The van der Waals surface area contributed by atoms with Crippen LogP contribution in [0.15, 0.2) is 73.4 Å². The lowest BCUT2D eigenvalue weighted by Gasteiger charge is -2.08. The minimum atomic E-state index is -0.375. The number of hydrogen-bond acceptors (Lipinski definition) is 4. The second-order valence-electron chi connectivity index (χ2n) is 6.08. The fourth-order valence-corrected chi connectivity index (χ4v) is 2.83. The van der Waals surface area contributed by atoms with Gasteiger partial charge in [-0.1, -0.05) is 30.3 Å². The first kappa shape index (κ1) is 16.0. The number of aromatic nitrogens is 3. The molecule has 0 unspecified atom stereocenters. The summed E-state index contributed by atoms with van der Waals surface area (Å²) >= 11 is 0. The van der Waals surface area contributed by atoms with E-state index < -0.39 is 0 Å². The van der Waals surface area contributed by atoms with Crippen LogP contribution < -0.4 is 0 Å². The Balaban J connectivity index is 1.45. The van der Waals surface area contributed by atoms with Gasteiger partial charge in [0.1, 0.15) is 6.61 Å². The fourth-order valence-electron chi connectivity index (χ4n) is 2.83. The average Bonchev–Trinajstić information content (AvgIpc) is 3.21. The molecule has 0 amide bonds. The van der Waals surface area contributed by atoms with Crippen LogP contribution in [-0.2, 0) is 11.3 Å². The maximum Gasteiger partial charge on any atom is 0.340 e. The van der Waals surface area contributed by atoms with Crippen LogP contribution in [0.3, 0.4) is 0 Å². The van der Waals surface area contributed by atoms with Gasteiger partial charge in [0.25, 0.3) is 0 Å². The van der Waals surface area contributed by atoms with Gasteiger partial charge in [-0.15, -0.1) is 0 Å². The highest BCUT2D eigenvalue weighted by Crippen LogP contribution is 2.18. The van der Waals surface area contributed by atoms with E-state index >= 15 is 0 Å². The lowest BCUT2D eigenvalue weighted by Crippen LogP contribution is -2.06. The Morgan fingerprint density at radius 2 is 2.00 bits per heavy atom. The van der Waals surface area contributed by atoms with Crippen molar-refractivity contribution in [3.8, 4) is 5.69 Å². The minimum absolute atomic E-state index is 0.217. The van der Waals surface area contributed by atoms with E-state index in [0.717, 1.165) is 27.7 Å². The summed E-state index contributed by atoms with van der Waals surface area (Å²) in [5.41, 5.74) is 4.37. The number of carbonyl (C=O) groups excluding carboxylic acids is 1. The van der Waals surface area contributed by atoms with E-state index in [9.17, 15) is 4.79 Å². The third-order valence-electron chi connectivity index (χ3n) is 4.26. The molecular weight excluding hydrogens is 326 g/mol. The largest absolute Gasteiger partial charge is 0.457 e. The summed E-state index contributed by atoms with van der Waals surface area (Å²) in [7, 11) is 0. The van der Waals surface area contributed by atoms with Crippen molar-refractivity contribution >= 4 is 16.9 Å². The monoisotopic (exact) mass is 343 g/mol. The lowest BCUT2D eigenvalue weighted by atomic mass is 10.1. The van der Waals surface area contributed by atoms with Crippen molar-refractivity contribution in [3.63, 3.8) is 0 Å². The molecule has 0 bridgehead atoms. The van der Waals surface area contributed by atoms with E-state index in [1.54, 1.807) is 18.7 Å². The van der Waals surface area contributed by atoms with Crippen LogP contribution in [0, 0.1) is 6.92 Å². The van der Waals surface area contributed by atoms with E-state index in [0.29, 0.717) is 5.56 Å². The Labute approximate surface area is 150 Å². The molecule has 0 saturated carbocycles. The first-order chi connectivity index (χ1) is 12.7. The molecule has 26 heavy (non-hydrogen) atoms. The van der Waals surface area contributed by atoms with Gasteiger partial charge in [-0.25, -0.2) is 9.78 Å². The first-order valence-corrected chi connectivity index (χ1v) is 8.30. The number of hydrogen-bond donors (Lipinski definition) is 0. The van der Waals surface area contributed by atoms with E-state index in [1.165, 1.54) is 0 Å².